The van der Waals surface area contributed by atoms with E-state index in [0.717, 1.165) is 17.7 Å². The van der Waals surface area contributed by atoms with Crippen LogP contribution in [0.3, 0.4) is 0 Å². The molecular formula is C20H22N2O4S2. The lowest BCUT2D eigenvalue weighted by molar-refractivity contribution is 0.0730. The van der Waals surface area contributed by atoms with E-state index < -0.39 is 10.0 Å². The number of nitrogens with zero attached hydrogens (tertiary/aromatic N) is 1. The highest BCUT2D eigenvalue weighted by molar-refractivity contribution is 7.99. The van der Waals surface area contributed by atoms with E-state index in [1.807, 2.05) is 18.2 Å². The van der Waals surface area contributed by atoms with Crippen molar-refractivity contribution in [2.24, 2.45) is 0 Å². The number of rotatable bonds is 4. The Kier molecular flexibility index (Phi) is 5.73. The molecule has 2 heterocycles. The Labute approximate surface area is 169 Å². The van der Waals surface area contributed by atoms with Gasteiger partial charge in [0.05, 0.1) is 24.2 Å². The van der Waals surface area contributed by atoms with Crippen molar-refractivity contribution in [1.29, 1.82) is 0 Å². The topological polar surface area (TPSA) is 75.7 Å². The fourth-order valence-corrected chi connectivity index (χ4v) is 6.05. The Bertz CT molecular complexity index is 972. The molecule has 6 nitrogen and oxygen atoms in total. The van der Waals surface area contributed by atoms with Gasteiger partial charge in [0.15, 0.2) is 0 Å². The van der Waals surface area contributed by atoms with Crippen molar-refractivity contribution in [2.45, 2.75) is 22.3 Å². The fourth-order valence-electron chi connectivity index (χ4n) is 3.47. The molecule has 2 aliphatic rings. The summed E-state index contributed by atoms with van der Waals surface area (Å²) < 4.78 is 32.3. The average molecular weight is 419 g/mol. The smallest absolute Gasteiger partial charge is 0.251 e. The molecule has 28 heavy (non-hydrogen) atoms. The van der Waals surface area contributed by atoms with Gasteiger partial charge in [0, 0.05) is 29.3 Å². The second kappa shape index (κ2) is 8.24. The lowest BCUT2D eigenvalue weighted by Crippen LogP contribution is -2.40. The van der Waals surface area contributed by atoms with Crippen LogP contribution in [0, 0.1) is 0 Å². The van der Waals surface area contributed by atoms with Gasteiger partial charge in [-0.3, -0.25) is 4.79 Å². The maximum absolute atomic E-state index is 12.9. The Morgan fingerprint density at radius 3 is 2.71 bits per heavy atom. The molecule has 0 unspecified atom stereocenters. The van der Waals surface area contributed by atoms with Crippen molar-refractivity contribution in [3.63, 3.8) is 0 Å². The fraction of sp³-hybridized carbons (Fsp3) is 0.350. The average Bonchev–Trinajstić information content (AvgIpc) is 2.75. The molecule has 0 aromatic heterocycles. The van der Waals surface area contributed by atoms with E-state index in [2.05, 4.69) is 11.4 Å². The van der Waals surface area contributed by atoms with Crippen LogP contribution in [0.4, 0.5) is 0 Å². The number of benzene rings is 2. The molecule has 2 aromatic carbocycles. The first-order chi connectivity index (χ1) is 13.6. The predicted molar refractivity (Wildman–Crippen MR) is 108 cm³/mol. The first-order valence-corrected chi connectivity index (χ1v) is 11.7. The first kappa shape index (κ1) is 19.4. The normalized spacial score (nSPS) is 20.4. The van der Waals surface area contributed by atoms with Crippen LogP contribution in [-0.2, 0) is 14.8 Å². The summed E-state index contributed by atoms with van der Waals surface area (Å²) >= 11 is 1.79. The standard InChI is InChI=1S/C20H22N2O4S2/c23-20(21-18-8-13-27-19-7-2-1-6-17(18)19)15-4-3-5-16(14-15)28(24,25)22-9-11-26-12-10-22/h1-7,14,18H,8-13H2,(H,21,23)/t18-/m0/s1. The molecule has 1 amide bonds. The number of hydrogen-bond acceptors (Lipinski definition) is 5. The lowest BCUT2D eigenvalue weighted by atomic mass is 10.0. The highest BCUT2D eigenvalue weighted by Gasteiger charge is 2.27. The highest BCUT2D eigenvalue weighted by atomic mass is 32.2. The summed E-state index contributed by atoms with van der Waals surface area (Å²) in [5.41, 5.74) is 1.47. The van der Waals surface area contributed by atoms with Gasteiger partial charge < -0.3 is 10.1 Å². The molecular weight excluding hydrogens is 396 g/mol. The number of sulfonamides is 1. The number of amides is 1. The zero-order chi connectivity index (χ0) is 19.6. The monoisotopic (exact) mass is 418 g/mol. The largest absolute Gasteiger partial charge is 0.379 e. The minimum absolute atomic E-state index is 0.0653. The second-order valence-electron chi connectivity index (χ2n) is 6.75. The third kappa shape index (κ3) is 3.96. The highest BCUT2D eigenvalue weighted by Crippen LogP contribution is 2.36. The van der Waals surface area contributed by atoms with Gasteiger partial charge in [-0.05, 0) is 36.2 Å². The maximum Gasteiger partial charge on any atom is 0.251 e. The molecule has 0 spiro atoms. The number of carbonyl (C=O) groups excluding carboxylic acids is 1. The molecule has 1 fully saturated rings. The van der Waals surface area contributed by atoms with Gasteiger partial charge in [0.2, 0.25) is 10.0 Å². The van der Waals surface area contributed by atoms with Crippen LogP contribution in [0.5, 0.6) is 0 Å². The van der Waals surface area contributed by atoms with E-state index in [4.69, 9.17) is 4.74 Å². The zero-order valence-corrected chi connectivity index (χ0v) is 17.0. The summed E-state index contributed by atoms with van der Waals surface area (Å²) in [4.78, 5) is 14.2. The Balaban J connectivity index is 1.54. The molecule has 1 atom stereocenters. The van der Waals surface area contributed by atoms with Crippen LogP contribution >= 0.6 is 11.8 Å². The van der Waals surface area contributed by atoms with Gasteiger partial charge >= 0.3 is 0 Å². The van der Waals surface area contributed by atoms with E-state index in [0.29, 0.717) is 31.9 Å². The van der Waals surface area contributed by atoms with Gasteiger partial charge in [0.1, 0.15) is 0 Å². The lowest BCUT2D eigenvalue weighted by Gasteiger charge is -2.27. The molecule has 0 bridgehead atoms. The molecule has 2 aromatic rings. The number of fused-ring (bicyclic) bond motifs is 1. The van der Waals surface area contributed by atoms with Gasteiger partial charge in [-0.25, -0.2) is 8.42 Å². The van der Waals surface area contributed by atoms with Gasteiger partial charge in [-0.15, -0.1) is 11.8 Å². The zero-order valence-electron chi connectivity index (χ0n) is 15.3. The van der Waals surface area contributed by atoms with Crippen molar-refractivity contribution in [3.05, 3.63) is 59.7 Å². The van der Waals surface area contributed by atoms with E-state index in [1.165, 1.54) is 21.3 Å². The third-order valence-corrected chi connectivity index (χ3v) is 7.99. The first-order valence-electron chi connectivity index (χ1n) is 9.26. The third-order valence-electron chi connectivity index (χ3n) is 4.97. The molecule has 0 saturated carbocycles. The summed E-state index contributed by atoms with van der Waals surface area (Å²) in [6, 6.07) is 14.3. The summed E-state index contributed by atoms with van der Waals surface area (Å²) in [5, 5.41) is 3.07. The van der Waals surface area contributed by atoms with Crippen molar-refractivity contribution in [1.82, 2.24) is 9.62 Å². The maximum atomic E-state index is 12.9. The van der Waals surface area contributed by atoms with E-state index in [9.17, 15) is 13.2 Å². The van der Waals surface area contributed by atoms with Crippen LogP contribution in [-0.4, -0.2) is 50.7 Å². The Hall–Kier alpha value is -1.87. The quantitative estimate of drug-likeness (QED) is 0.826. The number of hydrogen-bond donors (Lipinski definition) is 1. The van der Waals surface area contributed by atoms with Crippen molar-refractivity contribution in [3.8, 4) is 0 Å². The number of morpholine rings is 1. The van der Waals surface area contributed by atoms with E-state index in [1.54, 1.807) is 23.9 Å². The van der Waals surface area contributed by atoms with Gasteiger partial charge in [-0.2, -0.15) is 4.31 Å². The molecule has 4 rings (SSSR count). The summed E-state index contributed by atoms with van der Waals surface area (Å²) in [6.07, 6.45) is 0.846. The number of nitrogens with one attached hydrogen (secondary N) is 1. The summed E-state index contributed by atoms with van der Waals surface area (Å²) in [5.74, 6) is 0.679. The molecule has 1 saturated heterocycles. The van der Waals surface area contributed by atoms with Crippen molar-refractivity contribution in [2.75, 3.05) is 32.1 Å². The number of ether oxygens (including phenoxy) is 1. The minimum Gasteiger partial charge on any atom is -0.379 e. The van der Waals surface area contributed by atoms with Gasteiger partial charge in [0.25, 0.3) is 5.91 Å². The molecule has 8 heteroatoms. The van der Waals surface area contributed by atoms with Crippen LogP contribution in [0.15, 0.2) is 58.3 Å². The number of carbonyl (C=O) groups is 1. The van der Waals surface area contributed by atoms with Crippen LogP contribution < -0.4 is 5.32 Å². The Morgan fingerprint density at radius 2 is 1.89 bits per heavy atom. The summed E-state index contributed by atoms with van der Waals surface area (Å²) in [6.45, 7) is 1.43. The molecule has 0 aliphatic carbocycles. The van der Waals surface area contributed by atoms with Gasteiger partial charge in [-0.1, -0.05) is 24.3 Å². The minimum atomic E-state index is -3.63. The van der Waals surface area contributed by atoms with E-state index in [-0.39, 0.29) is 16.8 Å². The van der Waals surface area contributed by atoms with Crippen molar-refractivity contribution < 1.29 is 17.9 Å². The van der Waals surface area contributed by atoms with E-state index >= 15 is 0 Å². The van der Waals surface area contributed by atoms with Crippen LogP contribution in [0.1, 0.15) is 28.4 Å². The second-order valence-corrected chi connectivity index (χ2v) is 9.82. The van der Waals surface area contributed by atoms with Crippen LogP contribution in [0.2, 0.25) is 0 Å². The number of thioether (sulfide) groups is 1. The van der Waals surface area contributed by atoms with Crippen molar-refractivity contribution >= 4 is 27.7 Å². The van der Waals surface area contributed by atoms with Crippen LogP contribution in [0.25, 0.3) is 0 Å². The Morgan fingerprint density at radius 1 is 1.11 bits per heavy atom. The predicted octanol–water partition coefficient (Wildman–Crippen LogP) is 2.67. The molecule has 2 aliphatic heterocycles. The summed E-state index contributed by atoms with van der Waals surface area (Å²) in [7, 11) is -3.63. The molecule has 148 valence electrons. The molecule has 0 radical (unpaired) electrons. The SMILES string of the molecule is O=C(N[C@H]1CCSc2ccccc21)c1cccc(S(=O)(=O)N2CCOCC2)c1. The molecule has 1 N–H and O–H groups in total.